The van der Waals surface area contributed by atoms with Gasteiger partial charge in [-0.15, -0.1) is 12.4 Å². The highest BCUT2D eigenvalue weighted by molar-refractivity contribution is 7.99. The lowest BCUT2D eigenvalue weighted by molar-refractivity contribution is 0.220. The minimum absolute atomic E-state index is 0. The average Bonchev–Trinajstić information content (AvgIpc) is 3.33. The van der Waals surface area contributed by atoms with E-state index in [0.717, 1.165) is 73.6 Å². The van der Waals surface area contributed by atoms with E-state index in [-0.39, 0.29) is 24.5 Å². The van der Waals surface area contributed by atoms with Crippen molar-refractivity contribution in [2.75, 3.05) is 76.3 Å². The van der Waals surface area contributed by atoms with Crippen LogP contribution in [0, 0.1) is 0 Å². The normalized spacial score (nSPS) is 17.6. The molecule has 9 nitrogen and oxygen atoms in total. The van der Waals surface area contributed by atoms with Crippen molar-refractivity contribution in [1.29, 1.82) is 0 Å². The van der Waals surface area contributed by atoms with Gasteiger partial charge in [0.05, 0.1) is 28.4 Å². The molecule has 2 atom stereocenters. The Bertz CT molecular complexity index is 2800. The largest absolute Gasteiger partial charge is 0.493 e. The quantitative estimate of drug-likeness (QED) is 0.154. The van der Waals surface area contributed by atoms with E-state index in [0.29, 0.717) is 40.2 Å². The van der Waals surface area contributed by atoms with Gasteiger partial charge in [-0.05, 0) is 172 Å². The summed E-state index contributed by atoms with van der Waals surface area (Å²) in [6.45, 7) is 2.91. The zero-order chi connectivity index (χ0) is 46.8. The summed E-state index contributed by atoms with van der Waals surface area (Å²) in [5.74, 6) is 5.41. The third-order valence-electron chi connectivity index (χ3n) is 13.4. The Morgan fingerprint density at radius 1 is 0.676 bits per heavy atom. The maximum atomic E-state index is 7.03. The van der Waals surface area contributed by atoms with E-state index in [4.69, 9.17) is 40.0 Å². The molecule has 12 heteroatoms. The first-order chi connectivity index (χ1) is 32.5. The van der Waals surface area contributed by atoms with Crippen molar-refractivity contribution in [2.45, 2.75) is 54.0 Å². The van der Waals surface area contributed by atoms with Gasteiger partial charge in [0.2, 0.25) is 5.75 Å². The Kier molecular flexibility index (Phi) is 15.6. The smallest absolute Gasteiger partial charge is 0.204 e. The summed E-state index contributed by atoms with van der Waals surface area (Å²) in [7, 11) is 15.3. The van der Waals surface area contributed by atoms with Crippen molar-refractivity contribution in [3.8, 4) is 46.0 Å². The molecule has 6 aromatic carbocycles. The number of fused-ring (bicyclic) bond motifs is 4. The molecule has 0 saturated carbocycles. The maximum absolute atomic E-state index is 7.03. The number of nitrogens with zero attached hydrogens (tertiary/aromatic N) is 3. The summed E-state index contributed by atoms with van der Waals surface area (Å²) in [5.41, 5.74) is 11.0. The molecular formula is C56H61Cl2N3O6S. The number of methoxy groups -OCH3 is 4. The van der Waals surface area contributed by atoms with Gasteiger partial charge in [0.1, 0.15) is 5.75 Å². The number of hydrogen-bond donors (Lipinski definition) is 0. The van der Waals surface area contributed by atoms with Gasteiger partial charge >= 0.3 is 0 Å². The summed E-state index contributed by atoms with van der Waals surface area (Å²) in [4.78, 5) is 9.63. The zero-order valence-electron chi connectivity index (χ0n) is 40.2. The van der Waals surface area contributed by atoms with Crippen molar-refractivity contribution in [2.24, 2.45) is 0 Å². The van der Waals surface area contributed by atoms with Crippen molar-refractivity contribution < 1.29 is 28.4 Å². The van der Waals surface area contributed by atoms with Crippen LogP contribution >= 0.6 is 35.8 Å². The lowest BCUT2D eigenvalue weighted by Crippen LogP contribution is -2.34. The van der Waals surface area contributed by atoms with Gasteiger partial charge in [0.15, 0.2) is 34.5 Å². The Hall–Kier alpha value is -5.33. The van der Waals surface area contributed by atoms with E-state index >= 15 is 0 Å². The summed E-state index contributed by atoms with van der Waals surface area (Å²) >= 11 is 8.03. The van der Waals surface area contributed by atoms with Crippen LogP contribution in [0.5, 0.6) is 46.0 Å². The molecule has 11 rings (SSSR count). The first kappa shape index (κ1) is 49.1. The molecule has 5 aliphatic rings. The van der Waals surface area contributed by atoms with Crippen LogP contribution in [0.25, 0.3) is 5.57 Å². The third kappa shape index (κ3) is 10.2. The van der Waals surface area contributed by atoms with Gasteiger partial charge in [0.25, 0.3) is 0 Å². The fourth-order valence-corrected chi connectivity index (χ4v) is 11.1. The zero-order valence-corrected chi connectivity index (χ0v) is 42.6. The number of halogens is 2. The molecule has 6 bridgehead atoms. The number of likely N-dealkylation sites (N-methyl/N-ethyl adjacent to an activating group) is 2. The van der Waals surface area contributed by atoms with Crippen molar-refractivity contribution >= 4 is 41.3 Å². The molecule has 356 valence electrons. The van der Waals surface area contributed by atoms with Gasteiger partial charge in [-0.1, -0.05) is 65.8 Å². The van der Waals surface area contributed by atoms with Crippen molar-refractivity contribution in [3.63, 3.8) is 0 Å². The van der Waals surface area contributed by atoms with Crippen LogP contribution in [-0.2, 0) is 25.7 Å². The van der Waals surface area contributed by atoms with E-state index in [1.165, 1.54) is 48.7 Å². The Balaban J connectivity index is 0.000000238. The Morgan fingerprint density at radius 2 is 1.34 bits per heavy atom. The third-order valence-corrected chi connectivity index (χ3v) is 14.8. The molecule has 5 heterocycles. The van der Waals surface area contributed by atoms with Gasteiger partial charge in [-0.25, -0.2) is 0 Å². The highest BCUT2D eigenvalue weighted by Gasteiger charge is 2.35. The molecule has 0 radical (unpaired) electrons. The Morgan fingerprint density at radius 3 is 2.07 bits per heavy atom. The maximum Gasteiger partial charge on any atom is 0.204 e. The van der Waals surface area contributed by atoms with E-state index in [2.05, 4.69) is 128 Å². The van der Waals surface area contributed by atoms with E-state index in [9.17, 15) is 0 Å². The molecule has 0 amide bonds. The number of rotatable bonds is 7. The summed E-state index contributed by atoms with van der Waals surface area (Å²) in [5, 5.41) is 0.798. The number of hydrogen-bond acceptors (Lipinski definition) is 10. The second kappa shape index (κ2) is 21.5. The van der Waals surface area contributed by atoms with E-state index in [1.54, 1.807) is 28.4 Å². The van der Waals surface area contributed by atoms with E-state index in [1.807, 2.05) is 36.0 Å². The van der Waals surface area contributed by atoms with E-state index < -0.39 is 0 Å². The predicted octanol–water partition coefficient (Wildman–Crippen LogP) is 12.8. The second-order valence-electron chi connectivity index (χ2n) is 17.9. The SMILES string of the molecule is CN(C)CCC=C1c2ccccc2Sc2ccc(Cl)cc21.COc1ccc2cc1Oc1ccc(cc1)CC1c3cc(c(OC)cc3CCN1C)Oc1c(OC)c(OC)cc3c1C(C2)N(C)CC3.Cl. The van der Waals surface area contributed by atoms with Crippen LogP contribution in [0.1, 0.15) is 63.0 Å². The minimum Gasteiger partial charge on any atom is -0.493 e. The average molecular weight is 975 g/mol. The standard InChI is InChI=1S/C38H42N2O6.C18H18ClNS.ClH/c1-39-15-13-25-20-32(42-4)34-22-28(25)29(39)17-23-7-10-27(11-8-23)45-33-19-24(9-12-31(33)41-3)18-30-36-26(14-16-40(30)2)21-35(43-5)37(44-6)38(36)46-34;1-20(2)11-5-7-14-15-6-3-4-8-17(15)21-18-10-9-13(19)12-16(14)18;/h7-12,19-22,29-30H,13-18H2,1-6H3;3-4,6-10,12H,5,11H2,1-2H3;1H. The summed E-state index contributed by atoms with van der Waals surface area (Å²) in [6, 6.07) is 36.0. The van der Waals surface area contributed by atoms with Crippen LogP contribution in [-0.4, -0.2) is 91.0 Å². The first-order valence-electron chi connectivity index (χ1n) is 23.0. The summed E-state index contributed by atoms with van der Waals surface area (Å²) in [6.07, 6.45) is 6.75. The highest BCUT2D eigenvalue weighted by atomic mass is 35.5. The number of benzene rings is 6. The molecule has 0 fully saturated rings. The van der Waals surface area contributed by atoms with Crippen molar-refractivity contribution in [1.82, 2.24) is 14.7 Å². The molecular weight excluding hydrogens is 914 g/mol. The van der Waals surface area contributed by atoms with Crippen LogP contribution in [0.15, 0.2) is 119 Å². The Labute approximate surface area is 417 Å². The second-order valence-corrected chi connectivity index (χ2v) is 19.4. The van der Waals surface area contributed by atoms with Gasteiger partial charge in [-0.3, -0.25) is 9.80 Å². The lowest BCUT2D eigenvalue weighted by atomic mass is 9.87. The van der Waals surface area contributed by atoms with Crippen LogP contribution in [0.3, 0.4) is 0 Å². The monoisotopic (exact) mass is 973 g/mol. The molecule has 0 spiro atoms. The first-order valence-corrected chi connectivity index (χ1v) is 24.2. The molecule has 0 N–H and O–H groups in total. The molecule has 0 saturated heterocycles. The van der Waals surface area contributed by atoms with Crippen molar-refractivity contribution in [3.05, 3.63) is 159 Å². The molecule has 68 heavy (non-hydrogen) atoms. The highest BCUT2D eigenvalue weighted by Crippen LogP contribution is 2.52. The predicted molar refractivity (Wildman–Crippen MR) is 277 cm³/mol. The van der Waals surface area contributed by atoms with Crippen LogP contribution in [0.2, 0.25) is 5.02 Å². The fourth-order valence-electron chi connectivity index (χ4n) is 9.81. The molecule has 6 aromatic rings. The molecule has 5 aliphatic heterocycles. The fraction of sp³-hybridized carbons (Fsp3) is 0.321. The molecule has 2 unspecified atom stereocenters. The van der Waals surface area contributed by atoms with Crippen LogP contribution < -0.4 is 28.4 Å². The van der Waals surface area contributed by atoms with Gasteiger partial charge in [-0.2, -0.15) is 0 Å². The van der Waals surface area contributed by atoms with Gasteiger partial charge in [0, 0.05) is 52.1 Å². The molecule has 0 aromatic heterocycles. The minimum atomic E-state index is 0. The van der Waals surface area contributed by atoms with Crippen LogP contribution in [0.4, 0.5) is 0 Å². The molecule has 0 aliphatic carbocycles. The van der Waals surface area contributed by atoms with Gasteiger partial charge < -0.3 is 33.3 Å². The summed E-state index contributed by atoms with van der Waals surface area (Å²) < 4.78 is 37.1. The number of ether oxygens (including phenoxy) is 6. The topological polar surface area (TPSA) is 65.1 Å². The lowest BCUT2D eigenvalue weighted by Gasteiger charge is -2.37.